The summed E-state index contributed by atoms with van der Waals surface area (Å²) in [4.78, 5) is 10.2. The first-order valence-electron chi connectivity index (χ1n) is 10.1. The highest BCUT2D eigenvalue weighted by Crippen LogP contribution is 2.19. The third-order valence-electron chi connectivity index (χ3n) is 5.35. The fourth-order valence-electron chi connectivity index (χ4n) is 3.86. The molecule has 5 nitrogen and oxygen atoms in total. The molecule has 146 valence electrons. The number of likely N-dealkylation sites (tertiary alicyclic amines) is 1. The van der Waals surface area contributed by atoms with E-state index in [9.17, 15) is 0 Å². The molecule has 0 unspecified atom stereocenters. The predicted molar refractivity (Wildman–Crippen MR) is 115 cm³/mol. The number of H-pyrrole nitrogens is 1. The fourth-order valence-corrected chi connectivity index (χ4v) is 3.86. The van der Waals surface area contributed by atoms with E-state index in [0.717, 1.165) is 50.6 Å². The first-order valence-corrected chi connectivity index (χ1v) is 10.1. The fraction of sp³-hybridized carbons (Fsp3) is 0.348. The van der Waals surface area contributed by atoms with Crippen molar-refractivity contribution in [2.45, 2.75) is 25.4 Å². The molecule has 1 fully saturated rings. The van der Waals surface area contributed by atoms with Gasteiger partial charge in [0.2, 0.25) is 0 Å². The summed E-state index contributed by atoms with van der Waals surface area (Å²) in [5.41, 5.74) is 2.54. The van der Waals surface area contributed by atoms with Gasteiger partial charge in [-0.25, -0.2) is 0 Å². The molecule has 0 aliphatic carbocycles. The predicted octanol–water partition coefficient (Wildman–Crippen LogP) is 3.83. The summed E-state index contributed by atoms with van der Waals surface area (Å²) in [6.45, 7) is 2.80. The Morgan fingerprint density at radius 1 is 1.11 bits per heavy atom. The summed E-state index contributed by atoms with van der Waals surface area (Å²) in [6, 6.07) is 18.5. The van der Waals surface area contributed by atoms with Crippen molar-refractivity contribution in [2.24, 2.45) is 4.99 Å². The summed E-state index contributed by atoms with van der Waals surface area (Å²) in [6.07, 6.45) is 5.39. The zero-order valence-corrected chi connectivity index (χ0v) is 16.4. The lowest BCUT2D eigenvalue weighted by Crippen LogP contribution is -2.47. The van der Waals surface area contributed by atoms with Crippen LogP contribution in [0.2, 0.25) is 0 Å². The Morgan fingerprint density at radius 2 is 1.86 bits per heavy atom. The number of ether oxygens (including phenoxy) is 1. The van der Waals surface area contributed by atoms with Crippen molar-refractivity contribution in [1.29, 1.82) is 0 Å². The molecule has 2 aromatic carbocycles. The smallest absolute Gasteiger partial charge is 0.193 e. The Hall–Kier alpha value is -2.95. The zero-order valence-electron chi connectivity index (χ0n) is 16.4. The highest BCUT2D eigenvalue weighted by molar-refractivity contribution is 5.83. The van der Waals surface area contributed by atoms with Gasteiger partial charge in [-0.1, -0.05) is 36.4 Å². The molecule has 0 atom stereocenters. The van der Waals surface area contributed by atoms with Crippen molar-refractivity contribution in [3.63, 3.8) is 0 Å². The summed E-state index contributed by atoms with van der Waals surface area (Å²) < 4.78 is 6.10. The molecule has 1 saturated heterocycles. The van der Waals surface area contributed by atoms with Gasteiger partial charge in [-0.15, -0.1) is 0 Å². The van der Waals surface area contributed by atoms with E-state index < -0.39 is 0 Å². The van der Waals surface area contributed by atoms with Crippen LogP contribution in [0.5, 0.6) is 5.75 Å². The molecule has 1 aromatic heterocycles. The van der Waals surface area contributed by atoms with Crippen LogP contribution in [0.15, 0.2) is 65.8 Å². The van der Waals surface area contributed by atoms with Crippen molar-refractivity contribution < 1.29 is 4.74 Å². The Labute approximate surface area is 166 Å². The highest BCUT2D eigenvalue weighted by atomic mass is 16.5. The van der Waals surface area contributed by atoms with Gasteiger partial charge in [0, 0.05) is 56.6 Å². The molecule has 3 aromatic rings. The second-order valence-electron chi connectivity index (χ2n) is 7.20. The van der Waals surface area contributed by atoms with Gasteiger partial charge in [0.15, 0.2) is 5.96 Å². The number of para-hydroxylation sites is 2. The minimum Gasteiger partial charge on any atom is -0.490 e. The monoisotopic (exact) mass is 376 g/mol. The minimum atomic E-state index is 0.281. The lowest BCUT2D eigenvalue weighted by atomic mass is 10.1. The van der Waals surface area contributed by atoms with Crippen LogP contribution in [0, 0.1) is 0 Å². The van der Waals surface area contributed by atoms with E-state index in [4.69, 9.17) is 4.74 Å². The number of piperidine rings is 1. The lowest BCUT2D eigenvalue weighted by molar-refractivity contribution is 0.129. The summed E-state index contributed by atoms with van der Waals surface area (Å²) in [7, 11) is 1.86. The Morgan fingerprint density at radius 3 is 2.64 bits per heavy atom. The molecule has 0 amide bonds. The number of aromatic nitrogens is 1. The number of aliphatic imine (C=N–C) groups is 1. The second kappa shape index (κ2) is 8.83. The maximum Gasteiger partial charge on any atom is 0.193 e. The number of guanidine groups is 1. The molecule has 28 heavy (non-hydrogen) atoms. The van der Waals surface area contributed by atoms with Gasteiger partial charge in [-0.2, -0.15) is 0 Å². The number of rotatable bonds is 5. The molecular formula is C23H28N4O. The maximum absolute atomic E-state index is 6.10. The average molecular weight is 377 g/mol. The largest absolute Gasteiger partial charge is 0.490 e. The van der Waals surface area contributed by atoms with Crippen LogP contribution in [-0.4, -0.2) is 48.6 Å². The Kier molecular flexibility index (Phi) is 5.80. The Balaban J connectivity index is 1.26. The molecule has 0 spiro atoms. The van der Waals surface area contributed by atoms with Gasteiger partial charge in [-0.05, 0) is 30.2 Å². The number of fused-ring (bicyclic) bond motifs is 1. The van der Waals surface area contributed by atoms with Crippen LogP contribution in [-0.2, 0) is 6.42 Å². The van der Waals surface area contributed by atoms with E-state index in [-0.39, 0.29) is 6.10 Å². The van der Waals surface area contributed by atoms with Crippen molar-refractivity contribution in [3.05, 3.63) is 66.4 Å². The number of nitrogens with zero attached hydrogens (tertiary/aromatic N) is 2. The van der Waals surface area contributed by atoms with Gasteiger partial charge in [0.1, 0.15) is 11.9 Å². The molecular weight excluding hydrogens is 348 g/mol. The molecule has 2 heterocycles. The van der Waals surface area contributed by atoms with Crippen LogP contribution in [0.3, 0.4) is 0 Å². The third kappa shape index (κ3) is 4.30. The number of nitrogens with one attached hydrogen (secondary N) is 2. The topological polar surface area (TPSA) is 52.7 Å². The molecule has 0 bridgehead atoms. The molecule has 0 saturated carbocycles. The molecule has 0 radical (unpaired) electrons. The van der Waals surface area contributed by atoms with E-state index in [1.165, 1.54) is 16.5 Å². The summed E-state index contributed by atoms with van der Waals surface area (Å²) in [5, 5.41) is 4.83. The van der Waals surface area contributed by atoms with E-state index in [1.54, 1.807) is 0 Å². The SMILES string of the molecule is CN=C(NCCc1c[nH]c2ccccc12)N1CCC(Oc2ccccc2)CC1. The van der Waals surface area contributed by atoms with Crippen molar-refractivity contribution in [3.8, 4) is 5.75 Å². The molecule has 4 rings (SSSR count). The standard InChI is InChI=1S/C23H28N4O/c1-24-23(25-14-11-18-17-26-22-10-6-5-9-21(18)22)27-15-12-20(13-16-27)28-19-7-3-2-4-8-19/h2-10,17,20,26H,11-16H2,1H3,(H,24,25). The first kappa shape index (κ1) is 18.4. The van der Waals surface area contributed by atoms with Crippen LogP contribution >= 0.6 is 0 Å². The number of hydrogen-bond acceptors (Lipinski definition) is 2. The molecule has 1 aliphatic heterocycles. The van der Waals surface area contributed by atoms with Crippen LogP contribution in [0.1, 0.15) is 18.4 Å². The van der Waals surface area contributed by atoms with Gasteiger partial charge in [-0.3, -0.25) is 4.99 Å². The molecule has 1 aliphatic rings. The van der Waals surface area contributed by atoms with E-state index in [0.29, 0.717) is 0 Å². The summed E-state index contributed by atoms with van der Waals surface area (Å²) >= 11 is 0. The minimum absolute atomic E-state index is 0.281. The first-order chi connectivity index (χ1) is 13.8. The number of benzene rings is 2. The van der Waals surface area contributed by atoms with Gasteiger partial charge in [0.05, 0.1) is 0 Å². The van der Waals surface area contributed by atoms with E-state index >= 15 is 0 Å². The normalized spacial score (nSPS) is 15.8. The molecule has 5 heteroatoms. The van der Waals surface area contributed by atoms with Gasteiger partial charge in [0.25, 0.3) is 0 Å². The lowest BCUT2D eigenvalue weighted by Gasteiger charge is -2.34. The van der Waals surface area contributed by atoms with Crippen LogP contribution in [0.25, 0.3) is 10.9 Å². The summed E-state index contributed by atoms with van der Waals surface area (Å²) in [5.74, 6) is 1.94. The highest BCUT2D eigenvalue weighted by Gasteiger charge is 2.22. The molecule has 2 N–H and O–H groups in total. The zero-order chi connectivity index (χ0) is 19.2. The van der Waals surface area contributed by atoms with Gasteiger partial charge < -0.3 is 19.9 Å². The maximum atomic E-state index is 6.10. The number of hydrogen-bond donors (Lipinski definition) is 2. The third-order valence-corrected chi connectivity index (χ3v) is 5.35. The second-order valence-corrected chi connectivity index (χ2v) is 7.20. The van der Waals surface area contributed by atoms with Gasteiger partial charge >= 0.3 is 0 Å². The van der Waals surface area contributed by atoms with Crippen molar-refractivity contribution >= 4 is 16.9 Å². The van der Waals surface area contributed by atoms with E-state index in [2.05, 4.69) is 50.7 Å². The average Bonchev–Trinajstić information content (AvgIpc) is 3.16. The number of aromatic amines is 1. The van der Waals surface area contributed by atoms with Crippen LogP contribution in [0.4, 0.5) is 0 Å². The quantitative estimate of drug-likeness (QED) is 0.526. The van der Waals surface area contributed by atoms with Crippen molar-refractivity contribution in [1.82, 2.24) is 15.2 Å². The van der Waals surface area contributed by atoms with E-state index in [1.807, 2.05) is 37.4 Å². The van der Waals surface area contributed by atoms with Crippen LogP contribution < -0.4 is 10.1 Å². The Bertz CT molecular complexity index is 911. The van der Waals surface area contributed by atoms with Crippen molar-refractivity contribution in [2.75, 3.05) is 26.7 Å².